The Bertz CT molecular complexity index is 1090. The van der Waals surface area contributed by atoms with E-state index in [1.807, 2.05) is 31.1 Å². The number of non-ortho nitro benzene ring substituents is 1. The number of aromatic nitrogens is 1. The van der Waals surface area contributed by atoms with E-state index < -0.39 is 4.92 Å². The zero-order valence-electron chi connectivity index (χ0n) is 17.6. The third-order valence-electron chi connectivity index (χ3n) is 4.81. The molecule has 3 aromatic rings. The van der Waals surface area contributed by atoms with Gasteiger partial charge in [0.25, 0.3) is 11.6 Å². The van der Waals surface area contributed by atoms with Gasteiger partial charge in [-0.25, -0.2) is 4.98 Å². The van der Waals surface area contributed by atoms with E-state index in [4.69, 9.17) is 9.47 Å². The number of amides is 1. The van der Waals surface area contributed by atoms with Crippen LogP contribution >= 0.6 is 23.7 Å². The summed E-state index contributed by atoms with van der Waals surface area (Å²) in [4.78, 5) is 32.3. The molecule has 0 N–H and O–H groups in total. The van der Waals surface area contributed by atoms with E-state index >= 15 is 0 Å². The maximum absolute atomic E-state index is 13.3. The number of halogens is 1. The monoisotopic (exact) mass is 478 g/mol. The van der Waals surface area contributed by atoms with E-state index in [9.17, 15) is 14.9 Å². The molecule has 32 heavy (non-hydrogen) atoms. The first-order chi connectivity index (χ1) is 14.9. The molecule has 2 aromatic carbocycles. The van der Waals surface area contributed by atoms with Crippen LogP contribution < -0.4 is 14.4 Å². The fraction of sp³-hybridized carbons (Fsp3) is 0.333. The van der Waals surface area contributed by atoms with Crippen molar-refractivity contribution in [3.8, 4) is 11.5 Å². The predicted octanol–water partition coefficient (Wildman–Crippen LogP) is 4.00. The Hall–Kier alpha value is -2.95. The molecule has 11 heteroatoms. The number of anilines is 1. The lowest BCUT2D eigenvalue weighted by molar-refractivity contribution is -0.384. The van der Waals surface area contributed by atoms with Crippen LogP contribution in [0.1, 0.15) is 16.8 Å². The van der Waals surface area contributed by atoms with Gasteiger partial charge in [-0.15, -0.1) is 12.4 Å². The van der Waals surface area contributed by atoms with Crippen molar-refractivity contribution in [2.45, 2.75) is 6.42 Å². The van der Waals surface area contributed by atoms with Crippen molar-refractivity contribution in [1.29, 1.82) is 0 Å². The molecule has 170 valence electrons. The fourth-order valence-electron chi connectivity index (χ4n) is 3.31. The van der Waals surface area contributed by atoms with E-state index in [0.717, 1.165) is 17.7 Å². The van der Waals surface area contributed by atoms with Crippen molar-refractivity contribution in [1.82, 2.24) is 9.88 Å². The summed E-state index contributed by atoms with van der Waals surface area (Å²) in [6.45, 7) is 2.20. The summed E-state index contributed by atoms with van der Waals surface area (Å²) in [6, 6.07) is 9.47. The molecule has 0 atom stereocenters. The standard InChI is InChI=1S/C21H22N4O5S.ClH/c1-23(2)7-4-8-24(20(26)14-5-3-6-15(11-14)25(27)28)21-22-16-12-17-18(13-19(16)31-21)30-10-9-29-17;/h3,5-6,11-13H,4,7-10H2,1-2H3;1H. The molecule has 0 unspecified atom stereocenters. The summed E-state index contributed by atoms with van der Waals surface area (Å²) in [5, 5.41) is 11.7. The van der Waals surface area contributed by atoms with E-state index in [1.54, 1.807) is 11.0 Å². The van der Waals surface area contributed by atoms with Crippen LogP contribution in [-0.4, -0.2) is 61.1 Å². The van der Waals surface area contributed by atoms with Crippen molar-refractivity contribution >= 4 is 50.7 Å². The Morgan fingerprint density at radius 3 is 2.56 bits per heavy atom. The summed E-state index contributed by atoms with van der Waals surface area (Å²) >= 11 is 1.38. The number of hydrogen-bond acceptors (Lipinski definition) is 8. The molecule has 0 spiro atoms. The van der Waals surface area contributed by atoms with Gasteiger partial charge >= 0.3 is 0 Å². The lowest BCUT2D eigenvalue weighted by Crippen LogP contribution is -2.33. The van der Waals surface area contributed by atoms with E-state index in [0.29, 0.717) is 41.9 Å². The van der Waals surface area contributed by atoms with Crippen molar-refractivity contribution in [2.24, 2.45) is 0 Å². The molecule has 2 heterocycles. The third kappa shape index (κ3) is 5.09. The molecule has 9 nitrogen and oxygen atoms in total. The highest BCUT2D eigenvalue weighted by atomic mass is 35.5. The average molecular weight is 479 g/mol. The molecule has 1 aromatic heterocycles. The highest BCUT2D eigenvalue weighted by Crippen LogP contribution is 2.39. The normalized spacial score (nSPS) is 12.5. The highest BCUT2D eigenvalue weighted by Gasteiger charge is 2.24. The molecular formula is C21H23ClN4O5S. The zero-order chi connectivity index (χ0) is 22.0. The Morgan fingerprint density at radius 1 is 1.16 bits per heavy atom. The van der Waals surface area contributed by atoms with Gasteiger partial charge in [-0.3, -0.25) is 19.8 Å². The number of hydrogen-bond donors (Lipinski definition) is 0. The molecular weight excluding hydrogens is 456 g/mol. The predicted molar refractivity (Wildman–Crippen MR) is 126 cm³/mol. The summed E-state index contributed by atoms with van der Waals surface area (Å²) < 4.78 is 12.2. The largest absolute Gasteiger partial charge is 0.486 e. The maximum atomic E-state index is 13.3. The number of carbonyl (C=O) groups is 1. The van der Waals surface area contributed by atoms with E-state index in [1.165, 1.54) is 29.5 Å². The molecule has 0 saturated heterocycles. The van der Waals surface area contributed by atoms with Crippen LogP contribution in [0.3, 0.4) is 0 Å². The second-order valence-corrected chi connectivity index (χ2v) is 8.39. The number of rotatable bonds is 7. The lowest BCUT2D eigenvalue weighted by atomic mass is 10.1. The number of benzene rings is 2. The first-order valence-corrected chi connectivity index (χ1v) is 10.7. The minimum absolute atomic E-state index is 0. The van der Waals surface area contributed by atoms with Crippen molar-refractivity contribution < 1.29 is 19.2 Å². The van der Waals surface area contributed by atoms with Crippen LogP contribution in [0.15, 0.2) is 36.4 Å². The van der Waals surface area contributed by atoms with Gasteiger partial charge in [0, 0.05) is 36.4 Å². The smallest absolute Gasteiger partial charge is 0.270 e. The molecule has 0 radical (unpaired) electrons. The summed E-state index contributed by atoms with van der Waals surface area (Å²) in [6.07, 6.45) is 0.728. The number of carbonyl (C=O) groups excluding carboxylic acids is 1. The van der Waals surface area contributed by atoms with Crippen LogP contribution in [0.4, 0.5) is 10.8 Å². The minimum Gasteiger partial charge on any atom is -0.486 e. The molecule has 1 amide bonds. The van der Waals surface area contributed by atoms with Crippen LogP contribution in [0.2, 0.25) is 0 Å². The van der Waals surface area contributed by atoms with Crippen LogP contribution in [-0.2, 0) is 0 Å². The highest BCUT2D eigenvalue weighted by molar-refractivity contribution is 7.22. The van der Waals surface area contributed by atoms with Gasteiger partial charge in [0.2, 0.25) is 0 Å². The second kappa shape index (κ2) is 10.1. The van der Waals surface area contributed by atoms with Crippen molar-refractivity contribution in [3.05, 3.63) is 52.1 Å². The van der Waals surface area contributed by atoms with E-state index in [2.05, 4.69) is 4.98 Å². The number of fused-ring (bicyclic) bond motifs is 2. The number of ether oxygens (including phenoxy) is 2. The van der Waals surface area contributed by atoms with E-state index in [-0.39, 0.29) is 29.6 Å². The Labute approximate surface area is 195 Å². The molecule has 0 bridgehead atoms. The lowest BCUT2D eigenvalue weighted by Gasteiger charge is -2.21. The summed E-state index contributed by atoms with van der Waals surface area (Å²) in [7, 11) is 3.93. The quantitative estimate of drug-likeness (QED) is 0.374. The summed E-state index contributed by atoms with van der Waals surface area (Å²) in [5.74, 6) is 0.983. The molecule has 0 saturated carbocycles. The maximum Gasteiger partial charge on any atom is 0.270 e. The van der Waals surface area contributed by atoms with Gasteiger partial charge in [-0.1, -0.05) is 17.4 Å². The number of nitrogens with zero attached hydrogens (tertiary/aromatic N) is 4. The van der Waals surface area contributed by atoms with Crippen molar-refractivity contribution in [3.63, 3.8) is 0 Å². The number of nitro groups is 1. The molecule has 1 aliphatic heterocycles. The number of thiazole rings is 1. The zero-order valence-corrected chi connectivity index (χ0v) is 19.3. The topological polar surface area (TPSA) is 98.0 Å². The van der Waals surface area contributed by atoms with Gasteiger partial charge in [0.15, 0.2) is 16.6 Å². The van der Waals surface area contributed by atoms with Crippen LogP contribution in [0.25, 0.3) is 10.2 Å². The molecule has 0 fully saturated rings. The minimum atomic E-state index is -0.505. The Balaban J connectivity index is 0.00000289. The average Bonchev–Trinajstić information content (AvgIpc) is 3.16. The SMILES string of the molecule is CN(C)CCCN(C(=O)c1cccc([N+](=O)[O-])c1)c1nc2cc3c(cc2s1)OCCO3.Cl. The first kappa shape index (κ1) is 23.7. The van der Waals surface area contributed by atoms with Gasteiger partial charge < -0.3 is 14.4 Å². The van der Waals surface area contributed by atoms with Gasteiger partial charge in [0.1, 0.15) is 13.2 Å². The number of nitro benzene ring substituents is 1. The summed E-state index contributed by atoms with van der Waals surface area (Å²) in [5.41, 5.74) is 0.850. The Kier molecular flexibility index (Phi) is 7.49. The van der Waals surface area contributed by atoms with Gasteiger partial charge in [0.05, 0.1) is 15.1 Å². The third-order valence-corrected chi connectivity index (χ3v) is 5.85. The molecule has 4 rings (SSSR count). The van der Waals surface area contributed by atoms with Crippen LogP contribution in [0.5, 0.6) is 11.5 Å². The van der Waals surface area contributed by atoms with Gasteiger partial charge in [-0.05, 0) is 33.1 Å². The molecule has 1 aliphatic rings. The second-order valence-electron chi connectivity index (χ2n) is 7.38. The molecule has 0 aliphatic carbocycles. The Morgan fingerprint density at radius 2 is 1.88 bits per heavy atom. The van der Waals surface area contributed by atoms with Gasteiger partial charge in [-0.2, -0.15) is 0 Å². The van der Waals surface area contributed by atoms with Crippen molar-refractivity contribution in [2.75, 3.05) is 45.3 Å². The fourth-order valence-corrected chi connectivity index (χ4v) is 4.31. The first-order valence-electron chi connectivity index (χ1n) is 9.83. The van der Waals surface area contributed by atoms with Crippen LogP contribution in [0, 0.1) is 10.1 Å².